The Morgan fingerprint density at radius 1 is 1.11 bits per heavy atom. The van der Waals surface area contributed by atoms with E-state index in [0.717, 1.165) is 23.4 Å². The molecule has 1 aromatic carbocycles. The quantitative estimate of drug-likeness (QED) is 0.487. The van der Waals surface area contributed by atoms with Crippen LogP contribution in [0.3, 0.4) is 0 Å². The minimum absolute atomic E-state index is 0.256. The molecule has 0 atom stereocenters. The highest BCUT2D eigenvalue weighted by molar-refractivity contribution is 6.00. The number of rotatable bonds is 6. The number of carbonyl (C=O) groups excluding carboxylic acids is 2. The molecule has 0 aliphatic rings. The third-order valence-corrected chi connectivity index (χ3v) is 4.51. The smallest absolute Gasteiger partial charge is 0.338 e. The number of nitrogens with zero attached hydrogens (tertiary/aromatic N) is 2. The monoisotopic (exact) mass is 366 g/mol. The fourth-order valence-corrected chi connectivity index (χ4v) is 3.02. The van der Waals surface area contributed by atoms with Crippen molar-refractivity contribution in [2.24, 2.45) is 0 Å². The van der Waals surface area contributed by atoms with Crippen molar-refractivity contribution < 1.29 is 18.8 Å². The fourth-order valence-electron chi connectivity index (χ4n) is 3.02. The summed E-state index contributed by atoms with van der Waals surface area (Å²) in [5.41, 5.74) is 3.66. The highest BCUT2D eigenvalue weighted by Crippen LogP contribution is 2.21. The van der Waals surface area contributed by atoms with Gasteiger partial charge in [0, 0.05) is 23.0 Å². The van der Waals surface area contributed by atoms with Gasteiger partial charge in [0.15, 0.2) is 12.4 Å². The van der Waals surface area contributed by atoms with Crippen molar-refractivity contribution in [3.63, 3.8) is 0 Å². The number of aryl methyl sites for hydroxylation is 3. The fraction of sp³-hybridized carbons (Fsp3) is 0.286. The molecule has 0 aliphatic heterocycles. The summed E-state index contributed by atoms with van der Waals surface area (Å²) in [6.07, 6.45) is 0.897. The number of Topliss-reactive ketones (excluding diaryl/α,β-unsaturated/α-hetero) is 1. The van der Waals surface area contributed by atoms with Crippen LogP contribution in [0.5, 0.6) is 0 Å². The van der Waals surface area contributed by atoms with Crippen LogP contribution in [0.1, 0.15) is 50.4 Å². The number of aromatic nitrogens is 2. The van der Waals surface area contributed by atoms with Gasteiger partial charge < -0.3 is 9.26 Å². The molecule has 3 aromatic rings. The molecule has 27 heavy (non-hydrogen) atoms. The average Bonchev–Trinajstić information content (AvgIpc) is 3.21. The van der Waals surface area contributed by atoms with E-state index in [9.17, 15) is 9.59 Å². The number of ether oxygens (including phenoxy) is 1. The van der Waals surface area contributed by atoms with E-state index in [-0.39, 0.29) is 12.4 Å². The van der Waals surface area contributed by atoms with Crippen LogP contribution in [0.25, 0.3) is 5.82 Å². The lowest BCUT2D eigenvalue weighted by molar-refractivity contribution is 0.0474. The van der Waals surface area contributed by atoms with E-state index in [1.165, 1.54) is 0 Å². The van der Waals surface area contributed by atoms with Crippen molar-refractivity contribution in [2.45, 2.75) is 34.1 Å². The van der Waals surface area contributed by atoms with Gasteiger partial charge in [0.2, 0.25) is 5.78 Å². The molecule has 0 amide bonds. The summed E-state index contributed by atoms with van der Waals surface area (Å²) < 4.78 is 12.2. The van der Waals surface area contributed by atoms with Crippen LogP contribution in [0.15, 0.2) is 40.9 Å². The molecule has 6 heteroatoms. The molecule has 3 rings (SSSR count). The van der Waals surface area contributed by atoms with Gasteiger partial charge in [0.25, 0.3) is 0 Å². The first-order valence-electron chi connectivity index (χ1n) is 8.82. The van der Waals surface area contributed by atoms with E-state index in [1.807, 2.05) is 44.4 Å². The molecule has 0 bridgehead atoms. The number of ketones is 1. The minimum atomic E-state index is -0.507. The van der Waals surface area contributed by atoms with Crippen LogP contribution >= 0.6 is 0 Å². The lowest BCUT2D eigenvalue weighted by atomic mass is 10.1. The first-order valence-corrected chi connectivity index (χ1v) is 8.82. The third kappa shape index (κ3) is 3.84. The van der Waals surface area contributed by atoms with E-state index in [1.54, 1.807) is 24.3 Å². The summed E-state index contributed by atoms with van der Waals surface area (Å²) in [4.78, 5) is 24.7. The third-order valence-electron chi connectivity index (χ3n) is 4.51. The largest absolute Gasteiger partial charge is 0.454 e. The zero-order valence-electron chi connectivity index (χ0n) is 15.9. The van der Waals surface area contributed by atoms with Gasteiger partial charge in [-0.25, -0.2) is 4.79 Å². The normalized spacial score (nSPS) is 10.8. The summed E-state index contributed by atoms with van der Waals surface area (Å²) in [5, 5.41) is 4.00. The zero-order chi connectivity index (χ0) is 19.6. The van der Waals surface area contributed by atoms with E-state index < -0.39 is 5.97 Å². The van der Waals surface area contributed by atoms with Crippen LogP contribution < -0.4 is 0 Å². The van der Waals surface area contributed by atoms with E-state index in [4.69, 9.17) is 9.26 Å². The summed E-state index contributed by atoms with van der Waals surface area (Å²) in [5.74, 6) is 0.544. The molecule has 0 fully saturated rings. The number of esters is 1. The molecular weight excluding hydrogens is 344 g/mol. The Balaban J connectivity index is 1.72. The average molecular weight is 366 g/mol. The van der Waals surface area contributed by atoms with Crippen LogP contribution in [0.2, 0.25) is 0 Å². The second-order valence-corrected chi connectivity index (χ2v) is 6.47. The van der Waals surface area contributed by atoms with Gasteiger partial charge in [-0.1, -0.05) is 24.2 Å². The minimum Gasteiger partial charge on any atom is -0.454 e. The second kappa shape index (κ2) is 7.61. The topological polar surface area (TPSA) is 74.3 Å². The van der Waals surface area contributed by atoms with E-state index in [0.29, 0.717) is 22.7 Å². The Labute approximate surface area is 157 Å². The van der Waals surface area contributed by atoms with Crippen LogP contribution in [0.4, 0.5) is 0 Å². The second-order valence-electron chi connectivity index (χ2n) is 6.47. The lowest BCUT2D eigenvalue weighted by Gasteiger charge is -2.06. The van der Waals surface area contributed by atoms with Crippen LogP contribution in [0, 0.1) is 20.8 Å². The molecule has 0 unspecified atom stereocenters. The predicted molar refractivity (Wildman–Crippen MR) is 100 cm³/mol. The van der Waals surface area contributed by atoms with Gasteiger partial charge >= 0.3 is 5.97 Å². The Kier molecular flexibility index (Phi) is 5.26. The van der Waals surface area contributed by atoms with Gasteiger partial charge in [0.1, 0.15) is 5.76 Å². The summed E-state index contributed by atoms with van der Waals surface area (Å²) >= 11 is 0. The van der Waals surface area contributed by atoms with Crippen molar-refractivity contribution in [1.82, 2.24) is 9.72 Å². The predicted octanol–water partition coefficient (Wildman–Crippen LogP) is 3.99. The zero-order valence-corrected chi connectivity index (χ0v) is 15.9. The Hall–Kier alpha value is -3.15. The maximum Gasteiger partial charge on any atom is 0.338 e. The molecule has 140 valence electrons. The summed E-state index contributed by atoms with van der Waals surface area (Å²) in [6, 6.07) is 10.8. The molecule has 0 aliphatic carbocycles. The molecule has 0 saturated carbocycles. The highest BCUT2D eigenvalue weighted by Gasteiger charge is 2.20. The van der Waals surface area contributed by atoms with Crippen molar-refractivity contribution in [1.29, 1.82) is 0 Å². The first-order chi connectivity index (χ1) is 12.9. The first kappa shape index (κ1) is 18.6. The van der Waals surface area contributed by atoms with Gasteiger partial charge in [-0.2, -0.15) is 0 Å². The number of benzene rings is 1. The maximum atomic E-state index is 12.6. The number of carbonyl (C=O) groups is 2. The van der Waals surface area contributed by atoms with Crippen molar-refractivity contribution >= 4 is 11.8 Å². The maximum absolute atomic E-state index is 12.6. The number of hydrogen-bond acceptors (Lipinski definition) is 5. The molecule has 2 heterocycles. The standard InChI is InChI=1S/C21H22N2O4/c1-5-16-6-8-17(9-7-16)21(25)26-12-19(24)18-10-13(2)23(15(18)4)20-11-14(3)27-22-20/h6-11H,5,12H2,1-4H3. The van der Waals surface area contributed by atoms with Gasteiger partial charge in [-0.15, -0.1) is 0 Å². The van der Waals surface area contributed by atoms with Crippen molar-refractivity contribution in [2.75, 3.05) is 6.61 Å². The summed E-state index contributed by atoms with van der Waals surface area (Å²) in [7, 11) is 0. The molecule has 0 N–H and O–H groups in total. The van der Waals surface area contributed by atoms with Crippen LogP contribution in [-0.2, 0) is 11.2 Å². The van der Waals surface area contributed by atoms with E-state index in [2.05, 4.69) is 5.16 Å². The van der Waals surface area contributed by atoms with Gasteiger partial charge in [0.05, 0.1) is 5.56 Å². The summed E-state index contributed by atoms with van der Waals surface area (Å²) in [6.45, 7) is 7.26. The molecular formula is C21H22N2O4. The van der Waals surface area contributed by atoms with Crippen molar-refractivity contribution in [3.8, 4) is 5.82 Å². The van der Waals surface area contributed by atoms with E-state index >= 15 is 0 Å². The molecule has 6 nitrogen and oxygen atoms in total. The van der Waals surface area contributed by atoms with Gasteiger partial charge in [-0.3, -0.25) is 9.36 Å². The van der Waals surface area contributed by atoms with Crippen LogP contribution in [-0.4, -0.2) is 28.1 Å². The molecule has 0 saturated heterocycles. The number of hydrogen-bond donors (Lipinski definition) is 0. The molecule has 0 spiro atoms. The lowest BCUT2D eigenvalue weighted by Crippen LogP contribution is -2.15. The molecule has 0 radical (unpaired) electrons. The molecule has 2 aromatic heterocycles. The Morgan fingerprint density at radius 2 is 1.81 bits per heavy atom. The van der Waals surface area contributed by atoms with Crippen molar-refractivity contribution in [3.05, 3.63) is 70.2 Å². The Bertz CT molecular complexity index is 980. The van der Waals surface area contributed by atoms with Gasteiger partial charge in [-0.05, 0) is 51.0 Å². The Morgan fingerprint density at radius 3 is 2.41 bits per heavy atom. The SMILES string of the molecule is CCc1ccc(C(=O)OCC(=O)c2cc(C)n(-c3cc(C)on3)c2C)cc1. The highest BCUT2D eigenvalue weighted by atomic mass is 16.5.